The smallest absolute Gasteiger partial charge is 0.166 e. The van der Waals surface area contributed by atoms with Crippen LogP contribution in [0.4, 0.5) is 0 Å². The van der Waals surface area contributed by atoms with Gasteiger partial charge in [-0.25, -0.2) is 0 Å². The third-order valence-corrected chi connectivity index (χ3v) is 4.22. The van der Waals surface area contributed by atoms with E-state index in [-0.39, 0.29) is 23.8 Å². The Hall–Kier alpha value is -1.90. The average Bonchev–Trinajstić information content (AvgIpc) is 2.53. The highest BCUT2D eigenvalue weighted by molar-refractivity contribution is 5.98. The molecule has 0 spiro atoms. The summed E-state index contributed by atoms with van der Waals surface area (Å²) in [6.07, 6.45) is 1.59. The molecule has 0 radical (unpaired) electrons. The van der Waals surface area contributed by atoms with Gasteiger partial charge in [-0.3, -0.25) is 4.79 Å². The van der Waals surface area contributed by atoms with E-state index in [2.05, 4.69) is 11.4 Å². The Morgan fingerprint density at radius 2 is 2.10 bits per heavy atom. The molecule has 2 unspecified atom stereocenters. The number of hydrogen-bond donors (Lipinski definition) is 1. The molecule has 3 rings (SSSR count). The van der Waals surface area contributed by atoms with Crippen molar-refractivity contribution in [2.24, 2.45) is 5.92 Å². The maximum Gasteiger partial charge on any atom is 0.166 e. The summed E-state index contributed by atoms with van der Waals surface area (Å²) in [7, 11) is 1.52. The Balaban J connectivity index is 1.80. The van der Waals surface area contributed by atoms with Crippen molar-refractivity contribution in [2.45, 2.75) is 24.9 Å². The minimum absolute atomic E-state index is 0.00471. The van der Waals surface area contributed by atoms with E-state index in [1.165, 1.54) is 7.11 Å². The van der Waals surface area contributed by atoms with Crippen molar-refractivity contribution in [1.82, 2.24) is 5.32 Å². The molecule has 1 aromatic carbocycles. The van der Waals surface area contributed by atoms with Gasteiger partial charge in [-0.2, -0.15) is 5.26 Å². The molecule has 2 aliphatic heterocycles. The van der Waals surface area contributed by atoms with E-state index in [1.807, 2.05) is 0 Å². The number of fused-ring (bicyclic) bond motifs is 2. The number of hydrogen-bond acceptors (Lipinski definition) is 5. The molecule has 2 atom stereocenters. The number of ether oxygens (including phenoxy) is 2. The maximum absolute atomic E-state index is 12.7. The molecule has 2 fully saturated rings. The van der Waals surface area contributed by atoms with Crippen LogP contribution < -0.4 is 10.1 Å². The van der Waals surface area contributed by atoms with E-state index in [1.54, 1.807) is 18.2 Å². The zero-order valence-electron chi connectivity index (χ0n) is 12.0. The van der Waals surface area contributed by atoms with Crippen LogP contribution in [0.2, 0.25) is 0 Å². The second-order valence-corrected chi connectivity index (χ2v) is 5.66. The van der Waals surface area contributed by atoms with Crippen molar-refractivity contribution in [2.75, 3.05) is 20.3 Å². The summed E-state index contributed by atoms with van der Waals surface area (Å²) in [6.45, 7) is 1.35. The molecule has 0 aromatic heterocycles. The van der Waals surface area contributed by atoms with Crippen LogP contribution in [0.25, 0.3) is 0 Å². The molecular formula is C16H18N2O3. The van der Waals surface area contributed by atoms with Gasteiger partial charge < -0.3 is 14.8 Å². The predicted molar refractivity (Wildman–Crippen MR) is 76.3 cm³/mol. The van der Waals surface area contributed by atoms with E-state index >= 15 is 0 Å². The van der Waals surface area contributed by atoms with Gasteiger partial charge in [0.1, 0.15) is 11.8 Å². The normalized spacial score (nSPS) is 27.7. The largest absolute Gasteiger partial charge is 0.495 e. The summed E-state index contributed by atoms with van der Waals surface area (Å²) in [5, 5.41) is 12.6. The molecular weight excluding hydrogens is 268 g/mol. The quantitative estimate of drug-likeness (QED) is 0.853. The van der Waals surface area contributed by atoms with Crippen molar-refractivity contribution in [1.29, 1.82) is 5.26 Å². The van der Waals surface area contributed by atoms with Crippen molar-refractivity contribution in [3.63, 3.8) is 0 Å². The molecule has 0 saturated carbocycles. The van der Waals surface area contributed by atoms with Crippen LogP contribution in [0, 0.1) is 17.2 Å². The second-order valence-electron chi connectivity index (χ2n) is 5.66. The molecule has 2 heterocycles. The summed E-state index contributed by atoms with van der Waals surface area (Å²) in [5.41, 5.74) is 0.999. The van der Waals surface area contributed by atoms with Crippen LogP contribution in [0.15, 0.2) is 18.2 Å². The Labute approximate surface area is 123 Å². The monoisotopic (exact) mass is 286 g/mol. The van der Waals surface area contributed by atoms with Gasteiger partial charge >= 0.3 is 0 Å². The van der Waals surface area contributed by atoms with Crippen molar-refractivity contribution in [3.05, 3.63) is 29.3 Å². The molecule has 5 nitrogen and oxygen atoms in total. The molecule has 0 amide bonds. The Morgan fingerprint density at radius 1 is 1.38 bits per heavy atom. The molecule has 110 valence electrons. The van der Waals surface area contributed by atoms with Gasteiger partial charge in [0.2, 0.25) is 0 Å². The van der Waals surface area contributed by atoms with E-state index in [0.29, 0.717) is 30.1 Å². The SMILES string of the molecule is COc1ccc(C(=O)C2CC3COCC(C2)N3)cc1C#N. The number of morpholine rings is 1. The highest BCUT2D eigenvalue weighted by Gasteiger charge is 2.35. The fraction of sp³-hybridized carbons (Fsp3) is 0.500. The molecule has 21 heavy (non-hydrogen) atoms. The minimum atomic E-state index is 0.00471. The van der Waals surface area contributed by atoms with E-state index < -0.39 is 0 Å². The molecule has 2 bridgehead atoms. The van der Waals surface area contributed by atoms with E-state index in [0.717, 1.165) is 12.8 Å². The highest BCUT2D eigenvalue weighted by atomic mass is 16.5. The third-order valence-electron chi connectivity index (χ3n) is 4.22. The molecule has 1 aromatic rings. The number of benzene rings is 1. The van der Waals surface area contributed by atoms with Crippen molar-refractivity contribution >= 4 is 5.78 Å². The number of carbonyl (C=O) groups excluding carboxylic acids is 1. The van der Waals surface area contributed by atoms with Gasteiger partial charge in [0.15, 0.2) is 5.78 Å². The number of carbonyl (C=O) groups is 1. The van der Waals surface area contributed by atoms with Crippen LogP contribution >= 0.6 is 0 Å². The van der Waals surface area contributed by atoms with Crippen LogP contribution in [0.3, 0.4) is 0 Å². The maximum atomic E-state index is 12.7. The molecule has 5 heteroatoms. The first-order valence-electron chi connectivity index (χ1n) is 7.17. The van der Waals surface area contributed by atoms with E-state index in [9.17, 15) is 4.79 Å². The van der Waals surface area contributed by atoms with Crippen LogP contribution in [0.5, 0.6) is 5.75 Å². The standard InChI is InChI=1S/C16H18N2O3/c1-20-15-3-2-10(4-12(15)7-17)16(19)11-5-13-8-21-9-14(6-11)18-13/h2-4,11,13-14,18H,5-6,8-9H2,1H3. The lowest BCUT2D eigenvalue weighted by molar-refractivity contribution is 0.00953. The van der Waals surface area contributed by atoms with Gasteiger partial charge in [0.05, 0.1) is 25.9 Å². The minimum Gasteiger partial charge on any atom is -0.495 e. The summed E-state index contributed by atoms with van der Waals surface area (Å²) in [4.78, 5) is 12.7. The van der Waals surface area contributed by atoms with Gasteiger partial charge in [-0.05, 0) is 31.0 Å². The Morgan fingerprint density at radius 3 is 2.71 bits per heavy atom. The first-order valence-corrected chi connectivity index (χ1v) is 7.17. The molecule has 0 aliphatic carbocycles. The van der Waals surface area contributed by atoms with Gasteiger partial charge in [0.25, 0.3) is 0 Å². The molecule has 1 N–H and O–H groups in total. The number of methoxy groups -OCH3 is 1. The lowest BCUT2D eigenvalue weighted by Gasteiger charge is -2.39. The number of nitrogens with one attached hydrogen (secondary N) is 1. The number of piperidine rings is 1. The lowest BCUT2D eigenvalue weighted by Crippen LogP contribution is -2.55. The van der Waals surface area contributed by atoms with Gasteiger partial charge in [-0.15, -0.1) is 0 Å². The zero-order valence-corrected chi connectivity index (χ0v) is 12.0. The van der Waals surface area contributed by atoms with Gasteiger partial charge in [-0.1, -0.05) is 0 Å². The predicted octanol–water partition coefficient (Wildman–Crippen LogP) is 1.52. The van der Waals surface area contributed by atoms with Crippen LogP contribution in [-0.4, -0.2) is 38.2 Å². The van der Waals surface area contributed by atoms with Crippen LogP contribution in [0.1, 0.15) is 28.8 Å². The number of nitrogens with zero attached hydrogens (tertiary/aromatic N) is 1. The van der Waals surface area contributed by atoms with Crippen molar-refractivity contribution < 1.29 is 14.3 Å². The topological polar surface area (TPSA) is 71.3 Å². The number of Topliss-reactive ketones (excluding diaryl/α,β-unsaturated/α-hetero) is 1. The number of nitriles is 1. The number of ketones is 1. The van der Waals surface area contributed by atoms with Crippen molar-refractivity contribution in [3.8, 4) is 11.8 Å². The fourth-order valence-corrected chi connectivity index (χ4v) is 3.24. The summed E-state index contributed by atoms with van der Waals surface area (Å²) in [6, 6.07) is 7.68. The summed E-state index contributed by atoms with van der Waals surface area (Å²) < 4.78 is 10.6. The van der Waals surface area contributed by atoms with E-state index in [4.69, 9.17) is 14.7 Å². The zero-order chi connectivity index (χ0) is 14.8. The Bertz CT molecular complexity index is 582. The molecule has 2 aliphatic rings. The summed E-state index contributed by atoms with van der Waals surface area (Å²) in [5.74, 6) is 0.627. The first kappa shape index (κ1) is 14.1. The Kier molecular flexibility index (Phi) is 3.91. The first-order chi connectivity index (χ1) is 10.2. The highest BCUT2D eigenvalue weighted by Crippen LogP contribution is 2.28. The molecule has 2 saturated heterocycles. The van der Waals surface area contributed by atoms with Gasteiger partial charge in [0, 0.05) is 23.6 Å². The lowest BCUT2D eigenvalue weighted by atomic mass is 9.82. The number of rotatable bonds is 3. The second kappa shape index (κ2) is 5.84. The fourth-order valence-electron chi connectivity index (χ4n) is 3.24. The summed E-state index contributed by atoms with van der Waals surface area (Å²) >= 11 is 0. The van der Waals surface area contributed by atoms with Crippen LogP contribution in [-0.2, 0) is 4.74 Å². The average molecular weight is 286 g/mol. The third kappa shape index (κ3) is 2.78.